The molecule has 2 rings (SSSR count). The van der Waals surface area contributed by atoms with Crippen LogP contribution >= 0.6 is 15.9 Å². The summed E-state index contributed by atoms with van der Waals surface area (Å²) in [7, 11) is 1.97. The normalized spacial score (nSPS) is 29.1. The third-order valence-corrected chi connectivity index (χ3v) is 3.61. The fourth-order valence-corrected chi connectivity index (χ4v) is 2.84. The second kappa shape index (κ2) is 3.78. The number of hydrogen-bond acceptors (Lipinski definition) is 2. The van der Waals surface area contributed by atoms with E-state index in [1.54, 1.807) is 0 Å². The first-order valence-electron chi connectivity index (χ1n) is 4.76. The highest BCUT2D eigenvalue weighted by Gasteiger charge is 2.23. The SMILES string of the molecule is Cn1nncc1C1CCCC(Br)C1. The molecule has 0 N–H and O–H groups in total. The predicted octanol–water partition coefficient (Wildman–Crippen LogP) is 2.24. The van der Waals surface area contributed by atoms with Gasteiger partial charge in [-0.05, 0) is 19.3 Å². The Morgan fingerprint density at radius 2 is 2.38 bits per heavy atom. The third kappa shape index (κ3) is 1.93. The number of nitrogens with zero attached hydrogens (tertiary/aromatic N) is 3. The molecule has 1 aromatic rings. The first-order valence-corrected chi connectivity index (χ1v) is 5.67. The maximum Gasteiger partial charge on any atom is 0.0727 e. The minimum atomic E-state index is 0.651. The molecule has 1 saturated carbocycles. The van der Waals surface area contributed by atoms with E-state index < -0.39 is 0 Å². The second-order valence-electron chi connectivity index (χ2n) is 3.74. The number of rotatable bonds is 1. The van der Waals surface area contributed by atoms with Crippen LogP contribution in [0.1, 0.15) is 37.3 Å². The lowest BCUT2D eigenvalue weighted by Crippen LogP contribution is -2.16. The Bertz CT molecular complexity index is 284. The predicted molar refractivity (Wildman–Crippen MR) is 54.9 cm³/mol. The molecule has 0 aromatic carbocycles. The number of aromatic nitrogens is 3. The van der Waals surface area contributed by atoms with E-state index in [1.165, 1.54) is 31.4 Å². The lowest BCUT2D eigenvalue weighted by atomic mass is 9.87. The fraction of sp³-hybridized carbons (Fsp3) is 0.778. The standard InChI is InChI=1S/C9H14BrN3/c1-13-9(6-11-12-13)7-3-2-4-8(10)5-7/h6-8H,2-5H2,1H3. The Labute approximate surface area is 86.6 Å². The quantitative estimate of drug-likeness (QED) is 0.709. The molecular formula is C9H14BrN3. The zero-order chi connectivity index (χ0) is 9.26. The van der Waals surface area contributed by atoms with E-state index >= 15 is 0 Å². The van der Waals surface area contributed by atoms with Crippen LogP contribution in [0.4, 0.5) is 0 Å². The van der Waals surface area contributed by atoms with Gasteiger partial charge in [-0.1, -0.05) is 27.6 Å². The number of alkyl halides is 1. The zero-order valence-electron chi connectivity index (χ0n) is 7.78. The molecule has 0 spiro atoms. The molecule has 3 nitrogen and oxygen atoms in total. The van der Waals surface area contributed by atoms with E-state index in [2.05, 4.69) is 26.2 Å². The molecule has 1 aliphatic rings. The molecule has 72 valence electrons. The van der Waals surface area contributed by atoms with Gasteiger partial charge in [0, 0.05) is 17.8 Å². The highest BCUT2D eigenvalue weighted by molar-refractivity contribution is 9.09. The van der Waals surface area contributed by atoms with E-state index in [4.69, 9.17) is 0 Å². The smallest absolute Gasteiger partial charge is 0.0727 e. The minimum Gasteiger partial charge on any atom is -0.252 e. The maximum atomic E-state index is 3.97. The van der Waals surface area contributed by atoms with Crippen LogP contribution in [0.25, 0.3) is 0 Å². The van der Waals surface area contributed by atoms with Crippen molar-refractivity contribution >= 4 is 15.9 Å². The van der Waals surface area contributed by atoms with Crippen molar-refractivity contribution in [2.75, 3.05) is 0 Å². The Morgan fingerprint density at radius 3 is 3.00 bits per heavy atom. The van der Waals surface area contributed by atoms with Crippen LogP contribution < -0.4 is 0 Å². The van der Waals surface area contributed by atoms with Crippen LogP contribution in [0.3, 0.4) is 0 Å². The number of halogens is 1. The van der Waals surface area contributed by atoms with Gasteiger partial charge in [0.15, 0.2) is 0 Å². The molecule has 1 fully saturated rings. The van der Waals surface area contributed by atoms with Gasteiger partial charge in [-0.3, -0.25) is 4.68 Å². The molecule has 2 atom stereocenters. The van der Waals surface area contributed by atoms with Crippen LogP contribution in [0.2, 0.25) is 0 Å². The topological polar surface area (TPSA) is 30.7 Å². The monoisotopic (exact) mass is 243 g/mol. The first-order chi connectivity index (χ1) is 6.27. The van der Waals surface area contributed by atoms with Gasteiger partial charge < -0.3 is 0 Å². The molecule has 13 heavy (non-hydrogen) atoms. The Hall–Kier alpha value is -0.380. The maximum absolute atomic E-state index is 3.97. The molecule has 0 amide bonds. The Kier molecular flexibility index (Phi) is 2.67. The van der Waals surface area contributed by atoms with Crippen molar-refractivity contribution in [1.29, 1.82) is 0 Å². The molecule has 1 aromatic heterocycles. The van der Waals surface area contributed by atoms with Crippen molar-refractivity contribution in [1.82, 2.24) is 15.0 Å². The van der Waals surface area contributed by atoms with Crippen molar-refractivity contribution in [2.24, 2.45) is 7.05 Å². The summed E-state index contributed by atoms with van der Waals surface area (Å²) in [6.45, 7) is 0. The summed E-state index contributed by atoms with van der Waals surface area (Å²) in [5, 5.41) is 7.89. The van der Waals surface area contributed by atoms with Gasteiger partial charge in [-0.2, -0.15) is 0 Å². The summed E-state index contributed by atoms with van der Waals surface area (Å²) in [4.78, 5) is 0.682. The Balaban J connectivity index is 2.12. The van der Waals surface area contributed by atoms with E-state index in [0.29, 0.717) is 10.7 Å². The van der Waals surface area contributed by atoms with Crippen molar-refractivity contribution in [2.45, 2.75) is 36.4 Å². The summed E-state index contributed by atoms with van der Waals surface area (Å²) >= 11 is 3.69. The van der Waals surface area contributed by atoms with Gasteiger partial charge in [-0.15, -0.1) is 5.10 Å². The molecule has 2 unspecified atom stereocenters. The molecule has 4 heteroatoms. The van der Waals surface area contributed by atoms with Gasteiger partial charge in [0.05, 0.1) is 11.9 Å². The molecule has 1 aliphatic carbocycles. The zero-order valence-corrected chi connectivity index (χ0v) is 9.37. The van der Waals surface area contributed by atoms with Gasteiger partial charge in [0.1, 0.15) is 0 Å². The van der Waals surface area contributed by atoms with Crippen LogP contribution in [0.15, 0.2) is 6.20 Å². The summed E-state index contributed by atoms with van der Waals surface area (Å²) in [6, 6.07) is 0. The molecule has 0 bridgehead atoms. The minimum absolute atomic E-state index is 0.651. The van der Waals surface area contributed by atoms with Gasteiger partial charge in [0.2, 0.25) is 0 Å². The van der Waals surface area contributed by atoms with Crippen molar-refractivity contribution < 1.29 is 0 Å². The highest BCUT2D eigenvalue weighted by atomic mass is 79.9. The lowest BCUT2D eigenvalue weighted by molar-refractivity contribution is 0.436. The molecule has 0 radical (unpaired) electrons. The van der Waals surface area contributed by atoms with Crippen molar-refractivity contribution in [3.63, 3.8) is 0 Å². The fourth-order valence-electron chi connectivity index (χ4n) is 2.07. The van der Waals surface area contributed by atoms with Gasteiger partial charge in [0.25, 0.3) is 0 Å². The van der Waals surface area contributed by atoms with Crippen LogP contribution in [-0.2, 0) is 7.05 Å². The first kappa shape index (κ1) is 9.19. The Morgan fingerprint density at radius 1 is 1.54 bits per heavy atom. The largest absolute Gasteiger partial charge is 0.252 e. The number of hydrogen-bond donors (Lipinski definition) is 0. The summed E-state index contributed by atoms with van der Waals surface area (Å²) in [5.74, 6) is 0.651. The summed E-state index contributed by atoms with van der Waals surface area (Å²) in [6.07, 6.45) is 7.02. The summed E-state index contributed by atoms with van der Waals surface area (Å²) in [5.41, 5.74) is 1.28. The molecule has 0 aliphatic heterocycles. The molecule has 0 saturated heterocycles. The molecular weight excluding hydrogens is 230 g/mol. The average Bonchev–Trinajstić information content (AvgIpc) is 2.51. The van der Waals surface area contributed by atoms with E-state index in [1.807, 2.05) is 17.9 Å². The highest BCUT2D eigenvalue weighted by Crippen LogP contribution is 2.35. The van der Waals surface area contributed by atoms with Crippen molar-refractivity contribution in [3.8, 4) is 0 Å². The summed E-state index contributed by atoms with van der Waals surface area (Å²) < 4.78 is 1.90. The van der Waals surface area contributed by atoms with E-state index in [-0.39, 0.29) is 0 Å². The van der Waals surface area contributed by atoms with E-state index in [0.717, 1.165) is 0 Å². The van der Waals surface area contributed by atoms with Crippen molar-refractivity contribution in [3.05, 3.63) is 11.9 Å². The van der Waals surface area contributed by atoms with Crippen LogP contribution in [0.5, 0.6) is 0 Å². The third-order valence-electron chi connectivity index (χ3n) is 2.78. The van der Waals surface area contributed by atoms with Crippen LogP contribution in [-0.4, -0.2) is 19.8 Å². The van der Waals surface area contributed by atoms with Gasteiger partial charge in [-0.25, -0.2) is 0 Å². The molecule has 1 heterocycles. The average molecular weight is 244 g/mol. The second-order valence-corrected chi connectivity index (χ2v) is 5.04. The van der Waals surface area contributed by atoms with Gasteiger partial charge >= 0.3 is 0 Å². The number of aryl methyl sites for hydroxylation is 1. The lowest BCUT2D eigenvalue weighted by Gasteiger charge is -2.25. The van der Waals surface area contributed by atoms with E-state index in [9.17, 15) is 0 Å². The van der Waals surface area contributed by atoms with Crippen LogP contribution in [0, 0.1) is 0 Å².